The van der Waals surface area contributed by atoms with Gasteiger partial charge in [0.15, 0.2) is 18.1 Å². The molecule has 0 bridgehead atoms. The molecule has 0 aliphatic heterocycles. The van der Waals surface area contributed by atoms with Crippen LogP contribution in [0.25, 0.3) is 0 Å². The van der Waals surface area contributed by atoms with Gasteiger partial charge < -0.3 is 20.0 Å². The van der Waals surface area contributed by atoms with E-state index in [4.69, 9.17) is 37.8 Å². The van der Waals surface area contributed by atoms with E-state index in [1.165, 1.54) is 7.11 Å². The second-order valence-electron chi connectivity index (χ2n) is 4.94. The van der Waals surface area contributed by atoms with E-state index in [2.05, 4.69) is 10.5 Å². The lowest BCUT2D eigenvalue weighted by Crippen LogP contribution is -2.10. The number of carboxylic acid groups (broad SMARTS) is 1. The molecule has 6 nitrogen and oxygen atoms in total. The van der Waals surface area contributed by atoms with Crippen molar-refractivity contribution in [2.45, 2.75) is 6.54 Å². The van der Waals surface area contributed by atoms with Crippen molar-refractivity contribution in [1.82, 2.24) is 5.43 Å². The number of methoxy groups -OCH3 is 1. The third kappa shape index (κ3) is 5.85. The lowest BCUT2D eigenvalue weighted by molar-refractivity contribution is -0.139. The fourth-order valence-corrected chi connectivity index (χ4v) is 2.35. The number of benzene rings is 2. The van der Waals surface area contributed by atoms with Gasteiger partial charge in [0.1, 0.15) is 0 Å². The van der Waals surface area contributed by atoms with Crippen molar-refractivity contribution in [3.8, 4) is 11.5 Å². The maximum atomic E-state index is 10.6. The zero-order chi connectivity index (χ0) is 18.2. The van der Waals surface area contributed by atoms with E-state index in [1.807, 2.05) is 24.3 Å². The smallest absolute Gasteiger partial charge is 0.341 e. The Labute approximate surface area is 155 Å². The van der Waals surface area contributed by atoms with Crippen molar-refractivity contribution in [1.29, 1.82) is 0 Å². The maximum absolute atomic E-state index is 10.6. The topological polar surface area (TPSA) is 80.1 Å². The van der Waals surface area contributed by atoms with Crippen LogP contribution < -0.4 is 14.9 Å². The molecule has 0 heterocycles. The SMILES string of the molecule is COc1cc(/C=N\NCc2ccc(Cl)cc2)cc(Cl)c1OCC(=O)O. The van der Waals surface area contributed by atoms with Crippen LogP contribution in [0.2, 0.25) is 10.0 Å². The number of rotatable bonds is 8. The number of nitrogens with zero attached hydrogens (tertiary/aromatic N) is 1. The summed E-state index contributed by atoms with van der Waals surface area (Å²) in [6.45, 7) is 0.0322. The predicted octanol–water partition coefficient (Wildman–Crippen LogP) is 3.59. The van der Waals surface area contributed by atoms with Gasteiger partial charge in [-0.25, -0.2) is 4.79 Å². The van der Waals surface area contributed by atoms with E-state index in [9.17, 15) is 4.79 Å². The highest BCUT2D eigenvalue weighted by Gasteiger charge is 2.13. The van der Waals surface area contributed by atoms with Gasteiger partial charge in [0, 0.05) is 5.02 Å². The van der Waals surface area contributed by atoms with Gasteiger partial charge in [-0.15, -0.1) is 0 Å². The van der Waals surface area contributed by atoms with Gasteiger partial charge in [-0.2, -0.15) is 5.10 Å². The standard InChI is InChI=1S/C17H16Cl2N2O4/c1-24-15-7-12(6-14(19)17(15)25-10-16(22)23)9-21-20-8-11-2-4-13(18)5-3-11/h2-7,9,20H,8,10H2,1H3,(H,22,23)/b21-9-. The molecule has 8 heteroatoms. The second-order valence-corrected chi connectivity index (χ2v) is 5.78. The fourth-order valence-electron chi connectivity index (χ4n) is 1.95. The number of hydrogen-bond donors (Lipinski definition) is 2. The van der Waals surface area contributed by atoms with Crippen LogP contribution in [-0.4, -0.2) is 31.0 Å². The van der Waals surface area contributed by atoms with E-state index in [-0.39, 0.29) is 10.8 Å². The number of hydrogen-bond acceptors (Lipinski definition) is 5. The summed E-state index contributed by atoms with van der Waals surface area (Å²) >= 11 is 12.0. The molecule has 0 atom stereocenters. The summed E-state index contributed by atoms with van der Waals surface area (Å²) in [5.74, 6) is -0.596. The molecule has 0 saturated heterocycles. The zero-order valence-electron chi connectivity index (χ0n) is 13.3. The van der Waals surface area contributed by atoms with Gasteiger partial charge in [-0.05, 0) is 35.4 Å². The number of nitrogens with one attached hydrogen (secondary N) is 1. The lowest BCUT2D eigenvalue weighted by atomic mass is 10.2. The van der Waals surface area contributed by atoms with Crippen molar-refractivity contribution in [3.63, 3.8) is 0 Å². The molecule has 0 aliphatic carbocycles. The van der Waals surface area contributed by atoms with Crippen LogP contribution in [0, 0.1) is 0 Å². The Hall–Kier alpha value is -2.44. The number of hydrazone groups is 1. The van der Waals surface area contributed by atoms with Gasteiger partial charge in [-0.1, -0.05) is 35.3 Å². The van der Waals surface area contributed by atoms with Crippen LogP contribution in [0.4, 0.5) is 0 Å². The number of aliphatic carboxylic acids is 1. The summed E-state index contributed by atoms with van der Waals surface area (Å²) in [4.78, 5) is 10.6. The van der Waals surface area contributed by atoms with Gasteiger partial charge in [-0.3, -0.25) is 0 Å². The predicted molar refractivity (Wildman–Crippen MR) is 97.0 cm³/mol. The summed E-state index contributed by atoms with van der Waals surface area (Å²) < 4.78 is 10.3. The summed E-state index contributed by atoms with van der Waals surface area (Å²) in [5.41, 5.74) is 4.63. The minimum Gasteiger partial charge on any atom is -0.493 e. The highest BCUT2D eigenvalue weighted by Crippen LogP contribution is 2.36. The summed E-state index contributed by atoms with van der Waals surface area (Å²) in [6.07, 6.45) is 1.57. The molecule has 2 aromatic rings. The summed E-state index contributed by atoms with van der Waals surface area (Å²) in [6, 6.07) is 10.7. The van der Waals surface area contributed by atoms with Crippen LogP contribution in [-0.2, 0) is 11.3 Å². The van der Waals surface area contributed by atoms with Crippen molar-refractivity contribution in [2.75, 3.05) is 13.7 Å². The Kier molecular flexibility index (Phi) is 6.91. The first kappa shape index (κ1) is 18.9. The van der Waals surface area contributed by atoms with E-state index < -0.39 is 12.6 Å². The molecule has 0 radical (unpaired) electrons. The Balaban J connectivity index is 2.02. The van der Waals surface area contributed by atoms with Crippen LogP contribution in [0.3, 0.4) is 0 Å². The molecule has 0 aromatic heterocycles. The Morgan fingerprint density at radius 1 is 1.28 bits per heavy atom. The highest BCUT2D eigenvalue weighted by molar-refractivity contribution is 6.32. The number of carbonyl (C=O) groups is 1. The first-order chi connectivity index (χ1) is 12.0. The molecule has 0 saturated carbocycles. The minimum absolute atomic E-state index is 0.179. The van der Waals surface area contributed by atoms with Crippen LogP contribution in [0.1, 0.15) is 11.1 Å². The molecule has 0 spiro atoms. The largest absolute Gasteiger partial charge is 0.493 e. The van der Waals surface area contributed by atoms with Crippen LogP contribution in [0.15, 0.2) is 41.5 Å². The Bertz CT molecular complexity index is 764. The molecule has 25 heavy (non-hydrogen) atoms. The molecule has 2 rings (SSSR count). The highest BCUT2D eigenvalue weighted by atomic mass is 35.5. The molecular weight excluding hydrogens is 367 g/mol. The lowest BCUT2D eigenvalue weighted by Gasteiger charge is -2.11. The van der Waals surface area contributed by atoms with E-state index in [0.717, 1.165) is 5.56 Å². The number of carboxylic acids is 1. The molecule has 0 aliphatic rings. The first-order valence-corrected chi connectivity index (χ1v) is 7.97. The second kappa shape index (κ2) is 9.15. The monoisotopic (exact) mass is 382 g/mol. The van der Waals surface area contributed by atoms with E-state index in [1.54, 1.807) is 18.3 Å². The minimum atomic E-state index is -1.10. The van der Waals surface area contributed by atoms with Gasteiger partial charge >= 0.3 is 5.97 Å². The number of ether oxygens (including phenoxy) is 2. The van der Waals surface area contributed by atoms with Crippen LogP contribution in [0.5, 0.6) is 11.5 Å². The summed E-state index contributed by atoms with van der Waals surface area (Å²) in [5, 5.41) is 13.7. The third-order valence-electron chi connectivity index (χ3n) is 3.09. The average molecular weight is 383 g/mol. The third-order valence-corrected chi connectivity index (χ3v) is 3.63. The number of halogens is 2. The molecule has 2 N–H and O–H groups in total. The molecule has 132 valence electrons. The quantitative estimate of drug-likeness (QED) is 0.538. The van der Waals surface area contributed by atoms with E-state index >= 15 is 0 Å². The Morgan fingerprint density at radius 2 is 2.00 bits per heavy atom. The molecule has 0 unspecified atom stereocenters. The van der Waals surface area contributed by atoms with Gasteiger partial charge in [0.25, 0.3) is 0 Å². The molecule has 0 amide bonds. The van der Waals surface area contributed by atoms with Crippen molar-refractivity contribution in [2.24, 2.45) is 5.10 Å². The normalized spacial score (nSPS) is 10.7. The molecule has 0 fully saturated rings. The Morgan fingerprint density at radius 3 is 2.64 bits per heavy atom. The van der Waals surface area contributed by atoms with Crippen molar-refractivity contribution < 1.29 is 19.4 Å². The van der Waals surface area contributed by atoms with E-state index in [0.29, 0.717) is 22.9 Å². The van der Waals surface area contributed by atoms with Crippen LogP contribution >= 0.6 is 23.2 Å². The van der Waals surface area contributed by atoms with Gasteiger partial charge in [0.2, 0.25) is 0 Å². The average Bonchev–Trinajstić information content (AvgIpc) is 2.58. The van der Waals surface area contributed by atoms with Gasteiger partial charge in [0.05, 0.1) is 24.9 Å². The fraction of sp³-hybridized carbons (Fsp3) is 0.176. The van der Waals surface area contributed by atoms with Crippen molar-refractivity contribution >= 4 is 35.4 Å². The first-order valence-electron chi connectivity index (χ1n) is 7.22. The summed E-state index contributed by atoms with van der Waals surface area (Å²) in [7, 11) is 1.44. The maximum Gasteiger partial charge on any atom is 0.341 e. The van der Waals surface area contributed by atoms with Crippen molar-refractivity contribution in [3.05, 3.63) is 57.6 Å². The zero-order valence-corrected chi connectivity index (χ0v) is 14.8. The molecule has 2 aromatic carbocycles. The molecular formula is C17H16Cl2N2O4.